The number of ketones is 1. The van der Waals surface area contributed by atoms with Crippen molar-refractivity contribution >= 4 is 11.6 Å². The molecule has 3 N–H and O–H groups in total. The Hall–Kier alpha value is -3.55. The van der Waals surface area contributed by atoms with E-state index in [1.165, 1.54) is 4.57 Å². The van der Waals surface area contributed by atoms with Crippen LogP contribution in [0.3, 0.4) is 0 Å². The van der Waals surface area contributed by atoms with E-state index in [2.05, 4.69) is 15.0 Å². The molecule has 0 radical (unpaired) electrons. The molecule has 0 fully saturated rings. The second kappa shape index (κ2) is 8.06. The number of nitrogens with two attached hydrogens (primary N) is 1. The molecule has 3 aromatic heterocycles. The van der Waals surface area contributed by atoms with Crippen LogP contribution in [-0.4, -0.2) is 25.3 Å². The molecule has 156 valence electrons. The fourth-order valence-corrected chi connectivity index (χ4v) is 3.64. The standard InChI is InChI=1S/C22H25N5O3/c1-11(2)18-19(20(28)16-7-12(3)6-13(4)24-16)27(22(30)26-21(18)29)10-15-8-14(5)25-17(23)9-15/h6-9,11H,10H2,1-5H3,(H2,23,25)(H,26,29,30). The number of carbonyl (C=O) groups is 1. The molecule has 8 heteroatoms. The lowest BCUT2D eigenvalue weighted by Gasteiger charge is -2.18. The first-order chi connectivity index (χ1) is 14.1. The van der Waals surface area contributed by atoms with Crippen LogP contribution >= 0.6 is 0 Å². The number of hydrogen-bond donors (Lipinski definition) is 2. The number of H-pyrrole nitrogens is 1. The van der Waals surface area contributed by atoms with Crippen molar-refractivity contribution < 1.29 is 4.79 Å². The first-order valence-electron chi connectivity index (χ1n) is 9.67. The molecule has 0 aliphatic carbocycles. The van der Waals surface area contributed by atoms with Crippen molar-refractivity contribution in [3.05, 3.63) is 84.6 Å². The highest BCUT2D eigenvalue weighted by Gasteiger charge is 2.25. The zero-order valence-corrected chi connectivity index (χ0v) is 17.7. The van der Waals surface area contributed by atoms with Gasteiger partial charge in [0.15, 0.2) is 0 Å². The third-order valence-electron chi connectivity index (χ3n) is 4.73. The number of pyridine rings is 2. The van der Waals surface area contributed by atoms with Gasteiger partial charge in [-0.3, -0.25) is 19.1 Å². The minimum atomic E-state index is -0.662. The summed E-state index contributed by atoms with van der Waals surface area (Å²) in [4.78, 5) is 49.7. The average Bonchev–Trinajstić information content (AvgIpc) is 2.61. The van der Waals surface area contributed by atoms with E-state index in [4.69, 9.17) is 5.73 Å². The zero-order valence-electron chi connectivity index (χ0n) is 17.7. The predicted molar refractivity (Wildman–Crippen MR) is 115 cm³/mol. The Balaban J connectivity index is 2.29. The summed E-state index contributed by atoms with van der Waals surface area (Å²) < 4.78 is 1.28. The summed E-state index contributed by atoms with van der Waals surface area (Å²) in [6, 6.07) is 6.94. The maximum atomic E-state index is 13.5. The van der Waals surface area contributed by atoms with Crippen LogP contribution < -0.4 is 17.0 Å². The Kier molecular flexibility index (Phi) is 5.69. The molecular weight excluding hydrogens is 382 g/mol. The Labute approximate surface area is 173 Å². The third-order valence-corrected chi connectivity index (χ3v) is 4.73. The van der Waals surface area contributed by atoms with Gasteiger partial charge in [-0.25, -0.2) is 14.8 Å². The minimum absolute atomic E-state index is 0.0456. The lowest BCUT2D eigenvalue weighted by atomic mass is 9.98. The van der Waals surface area contributed by atoms with Crippen LogP contribution in [0.15, 0.2) is 33.9 Å². The largest absolute Gasteiger partial charge is 0.384 e. The molecule has 0 saturated carbocycles. The number of anilines is 1. The van der Waals surface area contributed by atoms with E-state index >= 15 is 0 Å². The zero-order chi connectivity index (χ0) is 22.2. The van der Waals surface area contributed by atoms with Crippen LogP contribution in [0.1, 0.15) is 64.0 Å². The lowest BCUT2D eigenvalue weighted by Crippen LogP contribution is -2.38. The smallest absolute Gasteiger partial charge is 0.329 e. The first-order valence-corrected chi connectivity index (χ1v) is 9.67. The summed E-state index contributed by atoms with van der Waals surface area (Å²) in [5.74, 6) is -0.433. The van der Waals surface area contributed by atoms with Crippen LogP contribution in [0.2, 0.25) is 0 Å². The molecule has 30 heavy (non-hydrogen) atoms. The van der Waals surface area contributed by atoms with Crippen LogP contribution in [0.5, 0.6) is 0 Å². The van der Waals surface area contributed by atoms with E-state index in [-0.39, 0.29) is 29.4 Å². The number of rotatable bonds is 5. The fourth-order valence-electron chi connectivity index (χ4n) is 3.64. The Morgan fingerprint density at radius 1 is 1.07 bits per heavy atom. The van der Waals surface area contributed by atoms with Gasteiger partial charge in [-0.2, -0.15) is 0 Å². The molecule has 0 unspecified atom stereocenters. The minimum Gasteiger partial charge on any atom is -0.384 e. The second-order valence-electron chi connectivity index (χ2n) is 7.80. The van der Waals surface area contributed by atoms with E-state index < -0.39 is 17.0 Å². The second-order valence-corrected chi connectivity index (χ2v) is 7.80. The molecule has 0 aromatic carbocycles. The molecule has 3 heterocycles. The van der Waals surface area contributed by atoms with Crippen LogP contribution in [0, 0.1) is 20.8 Å². The van der Waals surface area contributed by atoms with E-state index in [1.54, 1.807) is 45.9 Å². The molecule has 0 saturated heterocycles. The summed E-state index contributed by atoms with van der Waals surface area (Å²) in [6.07, 6.45) is 0. The molecule has 3 rings (SSSR count). The molecule has 8 nitrogen and oxygen atoms in total. The fraction of sp³-hybridized carbons (Fsp3) is 0.318. The highest BCUT2D eigenvalue weighted by atomic mass is 16.2. The summed E-state index contributed by atoms with van der Waals surface area (Å²) in [6.45, 7) is 9.12. The van der Waals surface area contributed by atoms with Gasteiger partial charge >= 0.3 is 5.69 Å². The summed E-state index contributed by atoms with van der Waals surface area (Å²) in [5.41, 5.74) is 8.04. The Morgan fingerprint density at radius 2 is 1.73 bits per heavy atom. The van der Waals surface area contributed by atoms with Crippen LogP contribution in [0.25, 0.3) is 0 Å². The van der Waals surface area contributed by atoms with E-state index in [1.807, 2.05) is 13.0 Å². The van der Waals surface area contributed by atoms with Gasteiger partial charge in [0.1, 0.15) is 17.2 Å². The number of nitrogens with zero attached hydrogens (tertiary/aromatic N) is 3. The van der Waals surface area contributed by atoms with Crippen molar-refractivity contribution in [2.24, 2.45) is 0 Å². The van der Waals surface area contributed by atoms with Gasteiger partial charge in [0.2, 0.25) is 5.78 Å². The molecule has 0 aliphatic heterocycles. The number of nitrogens with one attached hydrogen (secondary N) is 1. The van der Waals surface area contributed by atoms with Crippen molar-refractivity contribution in [1.82, 2.24) is 19.5 Å². The third kappa shape index (κ3) is 4.22. The van der Waals surface area contributed by atoms with E-state index in [0.29, 0.717) is 22.8 Å². The van der Waals surface area contributed by atoms with Gasteiger partial charge in [0.25, 0.3) is 5.56 Å². The van der Waals surface area contributed by atoms with Gasteiger partial charge in [0.05, 0.1) is 6.54 Å². The lowest BCUT2D eigenvalue weighted by molar-refractivity contribution is 0.102. The first kappa shape index (κ1) is 21.2. The molecule has 0 spiro atoms. The normalized spacial score (nSPS) is 11.1. The van der Waals surface area contributed by atoms with Crippen molar-refractivity contribution in [3.8, 4) is 0 Å². The predicted octanol–water partition coefficient (Wildman–Crippen LogP) is 2.24. The molecule has 3 aromatic rings. The van der Waals surface area contributed by atoms with Crippen LogP contribution in [0.4, 0.5) is 5.82 Å². The highest BCUT2D eigenvalue weighted by molar-refractivity contribution is 6.07. The van der Waals surface area contributed by atoms with Crippen molar-refractivity contribution in [2.45, 2.75) is 47.1 Å². The van der Waals surface area contributed by atoms with Gasteiger partial charge in [-0.05, 0) is 62.1 Å². The van der Waals surface area contributed by atoms with Gasteiger partial charge in [0, 0.05) is 17.0 Å². The number of hydrogen-bond acceptors (Lipinski definition) is 6. The van der Waals surface area contributed by atoms with Gasteiger partial charge < -0.3 is 5.73 Å². The quantitative estimate of drug-likeness (QED) is 0.625. The molecular formula is C22H25N5O3. The number of aromatic nitrogens is 4. The highest BCUT2D eigenvalue weighted by Crippen LogP contribution is 2.19. The molecule has 0 bridgehead atoms. The SMILES string of the molecule is Cc1cc(C)nc(C(=O)c2c(C(C)C)c(=O)[nH]c(=O)n2Cc2cc(C)nc(N)c2)c1. The number of carbonyl (C=O) groups excluding carboxylic acids is 1. The Morgan fingerprint density at radius 3 is 2.33 bits per heavy atom. The average molecular weight is 407 g/mol. The summed E-state index contributed by atoms with van der Waals surface area (Å²) in [7, 11) is 0. The van der Waals surface area contributed by atoms with E-state index in [9.17, 15) is 14.4 Å². The topological polar surface area (TPSA) is 124 Å². The number of aryl methyl sites for hydroxylation is 3. The molecule has 0 atom stereocenters. The number of aromatic amines is 1. The maximum Gasteiger partial charge on any atom is 0.329 e. The van der Waals surface area contributed by atoms with Gasteiger partial charge in [-0.1, -0.05) is 13.8 Å². The van der Waals surface area contributed by atoms with Gasteiger partial charge in [-0.15, -0.1) is 0 Å². The summed E-state index contributed by atoms with van der Waals surface area (Å²) >= 11 is 0. The molecule has 0 aliphatic rings. The van der Waals surface area contributed by atoms with Crippen molar-refractivity contribution in [2.75, 3.05) is 5.73 Å². The molecule has 0 amide bonds. The van der Waals surface area contributed by atoms with Crippen molar-refractivity contribution in [3.63, 3.8) is 0 Å². The van der Waals surface area contributed by atoms with Crippen molar-refractivity contribution in [1.29, 1.82) is 0 Å². The monoisotopic (exact) mass is 407 g/mol. The maximum absolute atomic E-state index is 13.5. The number of nitrogen functional groups attached to an aromatic ring is 1. The van der Waals surface area contributed by atoms with Crippen LogP contribution in [-0.2, 0) is 6.54 Å². The Bertz CT molecular complexity index is 1210. The van der Waals surface area contributed by atoms with E-state index in [0.717, 1.165) is 5.56 Å². The summed E-state index contributed by atoms with van der Waals surface area (Å²) in [5, 5.41) is 0.